The van der Waals surface area contributed by atoms with E-state index in [0.29, 0.717) is 37.6 Å². The molecule has 1 amide bonds. The van der Waals surface area contributed by atoms with Gasteiger partial charge < -0.3 is 4.90 Å². The zero-order valence-corrected chi connectivity index (χ0v) is 21.3. The maximum absolute atomic E-state index is 13.2. The summed E-state index contributed by atoms with van der Waals surface area (Å²) in [6, 6.07) is 16.1. The molecule has 0 saturated carbocycles. The van der Waals surface area contributed by atoms with E-state index in [4.69, 9.17) is 0 Å². The van der Waals surface area contributed by atoms with E-state index in [1.165, 1.54) is 16.7 Å². The first-order chi connectivity index (χ1) is 17.0. The second-order valence-electron chi connectivity index (χ2n) is 9.96. The molecule has 8 heteroatoms. The van der Waals surface area contributed by atoms with Crippen molar-refractivity contribution in [3.63, 3.8) is 0 Å². The number of hydrogen-bond acceptors (Lipinski definition) is 5. The topological polar surface area (TPSA) is 64.2 Å². The van der Waals surface area contributed by atoms with Gasteiger partial charge in [0.2, 0.25) is 15.9 Å². The first-order valence-electron chi connectivity index (χ1n) is 12.9. The molecule has 3 aliphatic rings. The van der Waals surface area contributed by atoms with Crippen molar-refractivity contribution in [1.29, 1.82) is 0 Å². The smallest absolute Gasteiger partial charge is 0.243 e. The van der Waals surface area contributed by atoms with E-state index in [-0.39, 0.29) is 5.91 Å². The lowest BCUT2D eigenvalue weighted by Crippen LogP contribution is -2.52. The van der Waals surface area contributed by atoms with Crippen molar-refractivity contribution in [2.24, 2.45) is 0 Å². The summed E-state index contributed by atoms with van der Waals surface area (Å²) in [6.45, 7) is 6.78. The van der Waals surface area contributed by atoms with Gasteiger partial charge in [0, 0.05) is 45.8 Å². The number of benzene rings is 2. The molecule has 0 unspecified atom stereocenters. The van der Waals surface area contributed by atoms with Crippen LogP contribution in [0.15, 0.2) is 53.4 Å². The number of piperazine rings is 1. The van der Waals surface area contributed by atoms with Gasteiger partial charge in [0.1, 0.15) is 0 Å². The number of rotatable bonds is 6. The van der Waals surface area contributed by atoms with Gasteiger partial charge >= 0.3 is 0 Å². The average molecular weight is 497 g/mol. The zero-order valence-electron chi connectivity index (χ0n) is 20.4. The second-order valence-corrected chi connectivity index (χ2v) is 11.9. The van der Waals surface area contributed by atoms with Crippen molar-refractivity contribution in [2.45, 2.75) is 37.1 Å². The lowest BCUT2D eigenvalue weighted by atomic mass is 10.1. The molecule has 0 aromatic heterocycles. The highest BCUT2D eigenvalue weighted by Gasteiger charge is 2.31. The quantitative estimate of drug-likeness (QED) is 0.614. The minimum Gasteiger partial charge on any atom is -0.339 e. The van der Waals surface area contributed by atoms with Crippen LogP contribution in [-0.2, 0) is 34.2 Å². The summed E-state index contributed by atoms with van der Waals surface area (Å²) in [7, 11) is -3.52. The molecule has 2 saturated heterocycles. The number of fused-ring (bicyclic) bond motifs is 1. The van der Waals surface area contributed by atoms with Gasteiger partial charge in [-0.25, -0.2) is 8.42 Å². The highest BCUT2D eigenvalue weighted by atomic mass is 32.2. The summed E-state index contributed by atoms with van der Waals surface area (Å²) < 4.78 is 27.9. The number of amides is 1. The minimum atomic E-state index is -3.52. The molecule has 188 valence electrons. The third-order valence-electron chi connectivity index (χ3n) is 7.59. The molecular weight excluding hydrogens is 460 g/mol. The minimum absolute atomic E-state index is 0.107. The Balaban J connectivity index is 1.10. The van der Waals surface area contributed by atoms with Gasteiger partial charge in [-0.3, -0.25) is 14.6 Å². The molecule has 0 bridgehead atoms. The highest BCUT2D eigenvalue weighted by molar-refractivity contribution is 7.89. The van der Waals surface area contributed by atoms with E-state index >= 15 is 0 Å². The van der Waals surface area contributed by atoms with Crippen LogP contribution < -0.4 is 0 Å². The Kier molecular flexibility index (Phi) is 7.53. The van der Waals surface area contributed by atoms with Crippen LogP contribution in [-0.4, -0.2) is 92.2 Å². The van der Waals surface area contributed by atoms with Crippen molar-refractivity contribution in [3.05, 3.63) is 65.2 Å². The van der Waals surface area contributed by atoms with Crippen LogP contribution in [0, 0.1) is 0 Å². The summed E-state index contributed by atoms with van der Waals surface area (Å²) in [5.41, 5.74) is 3.76. The number of nitrogens with zero attached hydrogens (tertiary/aromatic N) is 4. The lowest BCUT2D eigenvalue weighted by molar-refractivity contribution is -0.133. The predicted molar refractivity (Wildman–Crippen MR) is 137 cm³/mol. The fraction of sp³-hybridized carbons (Fsp3) is 0.519. The monoisotopic (exact) mass is 496 g/mol. The molecule has 2 fully saturated rings. The van der Waals surface area contributed by atoms with E-state index in [1.807, 2.05) is 23.1 Å². The summed E-state index contributed by atoms with van der Waals surface area (Å²) in [4.78, 5) is 19.9. The molecule has 1 aliphatic carbocycles. The third kappa shape index (κ3) is 5.77. The van der Waals surface area contributed by atoms with Gasteiger partial charge in [-0.05, 0) is 67.6 Å². The van der Waals surface area contributed by atoms with Crippen molar-refractivity contribution in [1.82, 2.24) is 19.0 Å². The average Bonchev–Trinajstić information content (AvgIpc) is 3.25. The van der Waals surface area contributed by atoms with Crippen LogP contribution in [0.3, 0.4) is 0 Å². The molecule has 2 aliphatic heterocycles. The van der Waals surface area contributed by atoms with Gasteiger partial charge in [0.25, 0.3) is 0 Å². The SMILES string of the molecule is O=C(CN1CCCN(Cc2ccccc2)CC1)N1CCN(S(=O)(=O)c2ccc3c(c2)CCC3)CC1. The van der Waals surface area contributed by atoms with E-state index in [1.54, 1.807) is 10.4 Å². The van der Waals surface area contributed by atoms with Gasteiger partial charge in [0.05, 0.1) is 11.4 Å². The van der Waals surface area contributed by atoms with E-state index < -0.39 is 10.0 Å². The predicted octanol–water partition coefficient (Wildman–Crippen LogP) is 2.22. The molecule has 0 spiro atoms. The van der Waals surface area contributed by atoms with Gasteiger partial charge in [-0.15, -0.1) is 0 Å². The molecule has 0 atom stereocenters. The summed E-state index contributed by atoms with van der Waals surface area (Å²) in [6.07, 6.45) is 4.15. The number of aryl methyl sites for hydroxylation is 2. The van der Waals surface area contributed by atoms with Gasteiger partial charge in [0.15, 0.2) is 0 Å². The number of hydrogen-bond donors (Lipinski definition) is 0. The third-order valence-corrected chi connectivity index (χ3v) is 9.48. The number of carbonyl (C=O) groups excluding carboxylic acids is 1. The molecule has 2 heterocycles. The standard InChI is InChI=1S/C27H36N4O3S/c32-27(22-29-13-5-12-28(14-15-29)21-23-6-2-1-3-7-23)30-16-18-31(19-17-30)35(33,34)26-11-10-24-8-4-9-25(24)20-26/h1-3,6-7,10-11,20H,4-5,8-9,12-19,21-22H2. The van der Waals surface area contributed by atoms with Gasteiger partial charge in [-0.2, -0.15) is 4.31 Å². The number of sulfonamides is 1. The second kappa shape index (κ2) is 10.8. The lowest BCUT2D eigenvalue weighted by Gasteiger charge is -2.35. The van der Waals surface area contributed by atoms with Gasteiger partial charge in [-0.1, -0.05) is 36.4 Å². The maximum Gasteiger partial charge on any atom is 0.243 e. The molecule has 2 aromatic carbocycles. The van der Waals surface area contributed by atoms with Crippen molar-refractivity contribution >= 4 is 15.9 Å². The van der Waals surface area contributed by atoms with Crippen LogP contribution in [0.4, 0.5) is 0 Å². The normalized spacial score (nSPS) is 20.5. The summed E-state index contributed by atoms with van der Waals surface area (Å²) in [5.74, 6) is 0.107. The fourth-order valence-electron chi connectivity index (χ4n) is 5.51. The Morgan fingerprint density at radius 2 is 1.46 bits per heavy atom. The largest absolute Gasteiger partial charge is 0.339 e. The molecule has 35 heavy (non-hydrogen) atoms. The Morgan fingerprint density at radius 3 is 2.26 bits per heavy atom. The van der Waals surface area contributed by atoms with Crippen molar-refractivity contribution in [2.75, 3.05) is 58.9 Å². The van der Waals surface area contributed by atoms with E-state index in [9.17, 15) is 13.2 Å². The van der Waals surface area contributed by atoms with Crippen molar-refractivity contribution in [3.8, 4) is 0 Å². The Bertz CT molecular complexity index is 1130. The van der Waals surface area contributed by atoms with Crippen LogP contribution >= 0.6 is 0 Å². The first kappa shape index (κ1) is 24.4. The zero-order chi connectivity index (χ0) is 24.3. The Hall–Kier alpha value is -2.26. The molecule has 0 N–H and O–H groups in total. The maximum atomic E-state index is 13.2. The van der Waals surface area contributed by atoms with Crippen LogP contribution in [0.1, 0.15) is 29.5 Å². The number of carbonyl (C=O) groups is 1. The molecular formula is C27H36N4O3S. The summed E-state index contributed by atoms with van der Waals surface area (Å²) in [5, 5.41) is 0. The van der Waals surface area contributed by atoms with Crippen LogP contribution in [0.25, 0.3) is 0 Å². The molecule has 0 radical (unpaired) electrons. The fourth-order valence-corrected chi connectivity index (χ4v) is 6.98. The van der Waals surface area contributed by atoms with Crippen molar-refractivity contribution < 1.29 is 13.2 Å². The molecule has 2 aromatic rings. The highest BCUT2D eigenvalue weighted by Crippen LogP contribution is 2.26. The Morgan fingerprint density at radius 1 is 0.743 bits per heavy atom. The summed E-state index contributed by atoms with van der Waals surface area (Å²) >= 11 is 0. The molecule has 5 rings (SSSR count). The van der Waals surface area contributed by atoms with Crippen LogP contribution in [0.5, 0.6) is 0 Å². The Labute approximate surface area is 209 Å². The van der Waals surface area contributed by atoms with Crippen LogP contribution in [0.2, 0.25) is 0 Å². The van der Waals surface area contributed by atoms with E-state index in [2.05, 4.69) is 34.1 Å². The first-order valence-corrected chi connectivity index (χ1v) is 14.3. The van der Waals surface area contributed by atoms with E-state index in [0.717, 1.165) is 58.4 Å². The molecule has 7 nitrogen and oxygen atoms in total.